The quantitative estimate of drug-likeness (QED) is 0.553. The van der Waals surface area contributed by atoms with Gasteiger partial charge in [-0.25, -0.2) is 9.78 Å². The van der Waals surface area contributed by atoms with Gasteiger partial charge in [0.15, 0.2) is 0 Å². The molecule has 34 heavy (non-hydrogen) atoms. The number of nitrogens with zero attached hydrogens (tertiary/aromatic N) is 3. The molecule has 1 aliphatic heterocycles. The highest BCUT2D eigenvalue weighted by Crippen LogP contribution is 2.32. The molecule has 0 spiro atoms. The van der Waals surface area contributed by atoms with Crippen molar-refractivity contribution in [2.45, 2.75) is 25.9 Å². The highest BCUT2D eigenvalue weighted by molar-refractivity contribution is 6.12. The van der Waals surface area contributed by atoms with E-state index in [1.807, 2.05) is 49.4 Å². The van der Waals surface area contributed by atoms with E-state index in [-0.39, 0.29) is 18.9 Å². The molecule has 0 radical (unpaired) electrons. The third-order valence-electron chi connectivity index (χ3n) is 5.99. The molecule has 0 bridgehead atoms. The summed E-state index contributed by atoms with van der Waals surface area (Å²) in [5, 5.41) is 2.78. The molecular formula is C26H27N5O3. The number of nitrogens with one attached hydrogen (secondary N) is 1. The Morgan fingerprint density at radius 3 is 2.53 bits per heavy atom. The van der Waals surface area contributed by atoms with Gasteiger partial charge in [-0.3, -0.25) is 14.5 Å². The van der Waals surface area contributed by atoms with Crippen LogP contribution in [0, 0.1) is 12.8 Å². The molecule has 2 atom stereocenters. The van der Waals surface area contributed by atoms with E-state index in [4.69, 9.17) is 5.73 Å². The number of aromatic nitrogens is 1. The summed E-state index contributed by atoms with van der Waals surface area (Å²) in [6, 6.07) is 18.8. The Balaban J connectivity index is 1.55. The second kappa shape index (κ2) is 9.74. The summed E-state index contributed by atoms with van der Waals surface area (Å²) in [7, 11) is 1.64. The number of likely N-dealkylation sites (tertiary alicyclic amines) is 1. The lowest BCUT2D eigenvalue weighted by Crippen LogP contribution is -2.70. The van der Waals surface area contributed by atoms with Crippen molar-refractivity contribution in [2.75, 3.05) is 17.7 Å². The first-order valence-electron chi connectivity index (χ1n) is 11.0. The SMILES string of the molecule is Cc1cccc(CNC(=O)N2C(=O)[C@H](Cc3ccnc(N)c3)[C@H]2C(=O)N(C)c2ccccc2)c1. The number of pyridine rings is 1. The number of β-lactam (4-membered cyclic amide) rings is 1. The van der Waals surface area contributed by atoms with Gasteiger partial charge < -0.3 is 16.0 Å². The second-order valence-corrected chi connectivity index (χ2v) is 8.43. The summed E-state index contributed by atoms with van der Waals surface area (Å²) in [5.74, 6) is -1.06. The lowest BCUT2D eigenvalue weighted by molar-refractivity contribution is -0.156. The maximum Gasteiger partial charge on any atom is 0.325 e. The number of nitrogens with two attached hydrogens (primary N) is 1. The van der Waals surface area contributed by atoms with Crippen molar-refractivity contribution >= 4 is 29.4 Å². The standard InChI is InChI=1S/C26H27N5O3/c1-17-7-6-8-19(13-17)16-29-26(34)31-23(25(33)30(2)20-9-4-3-5-10-20)21(24(31)32)14-18-11-12-28-22(27)15-18/h3-13,15,21,23H,14,16H2,1-2H3,(H2,27,28)(H,29,34)/t21-,23+/m1/s1. The van der Waals surface area contributed by atoms with Crippen molar-refractivity contribution < 1.29 is 14.4 Å². The minimum Gasteiger partial charge on any atom is -0.384 e. The molecule has 3 aromatic rings. The van der Waals surface area contributed by atoms with Gasteiger partial charge >= 0.3 is 6.03 Å². The Labute approximate surface area is 198 Å². The zero-order valence-corrected chi connectivity index (χ0v) is 19.1. The third-order valence-corrected chi connectivity index (χ3v) is 5.99. The second-order valence-electron chi connectivity index (χ2n) is 8.43. The van der Waals surface area contributed by atoms with Crippen LogP contribution in [0.2, 0.25) is 0 Å². The number of amides is 4. The molecule has 2 aromatic carbocycles. The smallest absolute Gasteiger partial charge is 0.325 e. The van der Waals surface area contributed by atoms with Crippen LogP contribution in [0.3, 0.4) is 0 Å². The van der Waals surface area contributed by atoms with Crippen molar-refractivity contribution in [1.29, 1.82) is 0 Å². The Kier molecular flexibility index (Phi) is 6.58. The van der Waals surface area contributed by atoms with Crippen LogP contribution in [0.25, 0.3) is 0 Å². The predicted molar refractivity (Wildman–Crippen MR) is 130 cm³/mol. The minimum atomic E-state index is -0.926. The van der Waals surface area contributed by atoms with Crippen LogP contribution in [-0.4, -0.2) is 40.8 Å². The van der Waals surface area contributed by atoms with Gasteiger partial charge in [0, 0.05) is 25.5 Å². The fraction of sp³-hybridized carbons (Fsp3) is 0.231. The Hall–Kier alpha value is -4.20. The van der Waals surface area contributed by atoms with Gasteiger partial charge in [0.2, 0.25) is 5.91 Å². The molecule has 174 valence electrons. The minimum absolute atomic E-state index is 0.255. The Morgan fingerprint density at radius 2 is 1.82 bits per heavy atom. The summed E-state index contributed by atoms with van der Waals surface area (Å²) < 4.78 is 0. The maximum absolute atomic E-state index is 13.5. The molecule has 8 heteroatoms. The van der Waals surface area contributed by atoms with Crippen LogP contribution in [0.1, 0.15) is 16.7 Å². The molecule has 0 aliphatic carbocycles. The van der Waals surface area contributed by atoms with E-state index < -0.39 is 23.9 Å². The molecular weight excluding hydrogens is 430 g/mol. The fourth-order valence-corrected chi connectivity index (χ4v) is 4.19. The number of nitrogen functional groups attached to an aromatic ring is 1. The van der Waals surface area contributed by atoms with Crippen molar-refractivity contribution in [3.63, 3.8) is 0 Å². The van der Waals surface area contributed by atoms with E-state index >= 15 is 0 Å². The molecule has 1 aromatic heterocycles. The van der Waals surface area contributed by atoms with E-state index in [0.717, 1.165) is 21.6 Å². The van der Waals surface area contributed by atoms with Gasteiger partial charge in [-0.15, -0.1) is 0 Å². The van der Waals surface area contributed by atoms with Crippen LogP contribution in [-0.2, 0) is 22.6 Å². The van der Waals surface area contributed by atoms with Gasteiger partial charge in [-0.2, -0.15) is 0 Å². The molecule has 1 aliphatic rings. The number of aryl methyl sites for hydroxylation is 1. The molecule has 4 rings (SSSR count). The Bertz CT molecular complexity index is 1210. The zero-order chi connectivity index (χ0) is 24.2. The van der Waals surface area contributed by atoms with Crippen molar-refractivity contribution in [3.05, 3.63) is 89.6 Å². The average Bonchev–Trinajstić information content (AvgIpc) is 2.84. The normalized spacial score (nSPS) is 17.1. The van der Waals surface area contributed by atoms with Gasteiger partial charge in [-0.05, 0) is 48.7 Å². The van der Waals surface area contributed by atoms with E-state index in [9.17, 15) is 14.4 Å². The monoisotopic (exact) mass is 457 g/mol. The highest BCUT2D eigenvalue weighted by Gasteiger charge is 2.55. The number of carbonyl (C=O) groups is 3. The van der Waals surface area contributed by atoms with Crippen LogP contribution >= 0.6 is 0 Å². The average molecular weight is 458 g/mol. The molecule has 2 heterocycles. The van der Waals surface area contributed by atoms with Gasteiger partial charge in [-0.1, -0.05) is 48.0 Å². The number of benzene rings is 2. The number of hydrogen-bond acceptors (Lipinski definition) is 5. The number of hydrogen-bond donors (Lipinski definition) is 2. The van der Waals surface area contributed by atoms with Crippen LogP contribution in [0.15, 0.2) is 72.9 Å². The summed E-state index contributed by atoms with van der Waals surface area (Å²) in [5.41, 5.74) is 9.23. The number of anilines is 2. The first kappa shape index (κ1) is 23.0. The van der Waals surface area contributed by atoms with Crippen LogP contribution < -0.4 is 16.0 Å². The van der Waals surface area contributed by atoms with Crippen molar-refractivity contribution in [3.8, 4) is 0 Å². The van der Waals surface area contributed by atoms with Crippen LogP contribution in [0.4, 0.5) is 16.3 Å². The highest BCUT2D eigenvalue weighted by atomic mass is 16.2. The topological polar surface area (TPSA) is 109 Å². The summed E-state index contributed by atoms with van der Waals surface area (Å²) in [6.07, 6.45) is 1.85. The first-order chi connectivity index (χ1) is 16.3. The molecule has 4 amide bonds. The summed E-state index contributed by atoms with van der Waals surface area (Å²) >= 11 is 0. The first-order valence-corrected chi connectivity index (χ1v) is 11.0. The lowest BCUT2D eigenvalue weighted by Gasteiger charge is -2.45. The maximum atomic E-state index is 13.5. The number of rotatable bonds is 6. The third kappa shape index (κ3) is 4.76. The largest absolute Gasteiger partial charge is 0.384 e. The predicted octanol–water partition coefficient (Wildman–Crippen LogP) is 2.91. The summed E-state index contributed by atoms with van der Waals surface area (Å²) in [6.45, 7) is 2.22. The lowest BCUT2D eigenvalue weighted by atomic mass is 9.81. The van der Waals surface area contributed by atoms with E-state index in [1.165, 1.54) is 4.90 Å². The number of urea groups is 1. The van der Waals surface area contributed by atoms with Crippen LogP contribution in [0.5, 0.6) is 0 Å². The van der Waals surface area contributed by atoms with E-state index in [0.29, 0.717) is 11.5 Å². The fourth-order valence-electron chi connectivity index (χ4n) is 4.19. The number of carbonyl (C=O) groups excluding carboxylic acids is 3. The Morgan fingerprint density at radius 1 is 1.06 bits per heavy atom. The zero-order valence-electron chi connectivity index (χ0n) is 19.1. The number of imide groups is 1. The van der Waals surface area contributed by atoms with E-state index in [2.05, 4.69) is 10.3 Å². The van der Waals surface area contributed by atoms with Gasteiger partial charge in [0.25, 0.3) is 5.91 Å². The van der Waals surface area contributed by atoms with Crippen molar-refractivity contribution in [1.82, 2.24) is 15.2 Å². The van der Waals surface area contributed by atoms with E-state index in [1.54, 1.807) is 37.5 Å². The van der Waals surface area contributed by atoms with Gasteiger partial charge in [0.1, 0.15) is 11.9 Å². The number of para-hydroxylation sites is 1. The van der Waals surface area contributed by atoms with Crippen molar-refractivity contribution in [2.24, 2.45) is 5.92 Å². The molecule has 0 unspecified atom stereocenters. The molecule has 1 fully saturated rings. The summed E-state index contributed by atoms with van der Waals surface area (Å²) in [4.78, 5) is 46.1. The molecule has 0 saturated carbocycles. The molecule has 1 saturated heterocycles. The number of likely N-dealkylation sites (N-methyl/N-ethyl adjacent to an activating group) is 1. The van der Waals surface area contributed by atoms with Gasteiger partial charge in [0.05, 0.1) is 5.92 Å². The molecule has 3 N–H and O–H groups in total. The molecule has 8 nitrogen and oxygen atoms in total.